The molecule has 0 saturated carbocycles. The van der Waals surface area contributed by atoms with Crippen molar-refractivity contribution < 1.29 is 14.2 Å². The second-order valence-electron chi connectivity index (χ2n) is 9.77. The summed E-state index contributed by atoms with van der Waals surface area (Å²) in [5.74, 6) is 2.48. The Balaban J connectivity index is 1.39. The fourth-order valence-corrected chi connectivity index (χ4v) is 5.40. The first-order valence-corrected chi connectivity index (χ1v) is 13.8. The highest BCUT2D eigenvalue weighted by molar-refractivity contribution is 6.40. The van der Waals surface area contributed by atoms with E-state index in [-0.39, 0.29) is 0 Å². The van der Waals surface area contributed by atoms with Crippen LogP contribution in [0.4, 0.5) is 11.6 Å². The van der Waals surface area contributed by atoms with E-state index in [4.69, 9.17) is 36.5 Å². The van der Waals surface area contributed by atoms with Gasteiger partial charge in [0, 0.05) is 42.7 Å². The fraction of sp³-hybridized carbons (Fsp3) is 0.367. The van der Waals surface area contributed by atoms with Crippen LogP contribution in [0.2, 0.25) is 5.02 Å². The van der Waals surface area contributed by atoms with Gasteiger partial charge in [-0.15, -0.1) is 0 Å². The summed E-state index contributed by atoms with van der Waals surface area (Å²) in [5.41, 5.74) is 11.9. The van der Waals surface area contributed by atoms with Crippen LogP contribution in [0.1, 0.15) is 36.1 Å². The van der Waals surface area contributed by atoms with E-state index in [1.165, 1.54) is 12.8 Å². The number of allylic oxidation sites excluding steroid dienone is 2. The van der Waals surface area contributed by atoms with Gasteiger partial charge in [0.05, 0.1) is 36.3 Å². The Hall–Kier alpha value is -3.82. The number of anilines is 2. The van der Waals surface area contributed by atoms with Gasteiger partial charge in [-0.3, -0.25) is 9.89 Å². The van der Waals surface area contributed by atoms with Gasteiger partial charge in [-0.1, -0.05) is 11.6 Å². The molecule has 0 spiro atoms. The van der Waals surface area contributed by atoms with E-state index in [0.29, 0.717) is 46.9 Å². The standard InChI is InChI=1S/C30H35ClN6O3/c1-33-29(22-9-7-20(38-2)16-23(22)31)27-24(32)10-6-19-18-34-30(36-28(19)27)35-25-11-8-21(17-26(25)39-3)40-15-14-37-12-4-5-13-37/h7-9,11,16-18H,4-6,10,12-15,32H2,1-3H3,(H,34,35,36). The van der Waals surface area contributed by atoms with Gasteiger partial charge in [0.1, 0.15) is 23.9 Å². The summed E-state index contributed by atoms with van der Waals surface area (Å²) < 4.78 is 17.0. The molecule has 1 aromatic heterocycles. The zero-order valence-corrected chi connectivity index (χ0v) is 23.9. The van der Waals surface area contributed by atoms with Crippen LogP contribution >= 0.6 is 11.6 Å². The van der Waals surface area contributed by atoms with E-state index >= 15 is 0 Å². The zero-order valence-electron chi connectivity index (χ0n) is 23.2. The first kappa shape index (κ1) is 27.7. The summed E-state index contributed by atoms with van der Waals surface area (Å²) in [6.45, 7) is 3.87. The van der Waals surface area contributed by atoms with Crippen molar-refractivity contribution in [3.8, 4) is 17.2 Å². The second-order valence-corrected chi connectivity index (χ2v) is 10.2. The van der Waals surface area contributed by atoms with Gasteiger partial charge in [-0.25, -0.2) is 9.97 Å². The van der Waals surface area contributed by atoms with Crippen molar-refractivity contribution in [1.82, 2.24) is 14.9 Å². The number of aromatic nitrogens is 2. The zero-order chi connectivity index (χ0) is 28.1. The molecule has 2 aliphatic rings. The number of ether oxygens (including phenoxy) is 3. The summed E-state index contributed by atoms with van der Waals surface area (Å²) in [5, 5.41) is 3.82. The quantitative estimate of drug-likeness (QED) is 0.329. The normalized spacial score (nSPS) is 15.7. The van der Waals surface area contributed by atoms with Crippen LogP contribution in [0, 0.1) is 0 Å². The largest absolute Gasteiger partial charge is 0.497 e. The van der Waals surface area contributed by atoms with E-state index in [9.17, 15) is 0 Å². The van der Waals surface area contributed by atoms with E-state index < -0.39 is 0 Å². The molecule has 40 heavy (non-hydrogen) atoms. The highest BCUT2D eigenvalue weighted by atomic mass is 35.5. The Bertz CT molecular complexity index is 1430. The number of methoxy groups -OCH3 is 2. The smallest absolute Gasteiger partial charge is 0.227 e. The Kier molecular flexibility index (Phi) is 8.72. The van der Waals surface area contributed by atoms with Gasteiger partial charge in [0.2, 0.25) is 5.95 Å². The Morgan fingerprint density at radius 1 is 1.07 bits per heavy atom. The molecule has 0 atom stereocenters. The number of benzene rings is 2. The van der Waals surface area contributed by atoms with E-state index in [0.717, 1.165) is 59.9 Å². The van der Waals surface area contributed by atoms with Crippen molar-refractivity contribution in [3.05, 3.63) is 70.1 Å². The lowest BCUT2D eigenvalue weighted by Crippen LogP contribution is -2.25. The molecule has 3 aromatic rings. The summed E-state index contributed by atoms with van der Waals surface area (Å²) in [6.07, 6.45) is 5.79. The minimum Gasteiger partial charge on any atom is -0.497 e. The molecule has 210 valence electrons. The third-order valence-electron chi connectivity index (χ3n) is 7.27. The number of aryl methyl sites for hydroxylation is 1. The molecule has 10 heteroatoms. The van der Waals surface area contributed by atoms with Crippen LogP contribution in [0.5, 0.6) is 17.2 Å². The van der Waals surface area contributed by atoms with Crippen molar-refractivity contribution in [2.24, 2.45) is 10.7 Å². The van der Waals surface area contributed by atoms with Crippen molar-refractivity contribution >= 4 is 34.5 Å². The monoisotopic (exact) mass is 562 g/mol. The van der Waals surface area contributed by atoms with Gasteiger partial charge >= 0.3 is 0 Å². The Morgan fingerprint density at radius 2 is 1.88 bits per heavy atom. The van der Waals surface area contributed by atoms with Gasteiger partial charge in [0.25, 0.3) is 0 Å². The number of aliphatic imine (C=N–C) groups is 1. The summed E-state index contributed by atoms with van der Waals surface area (Å²) in [4.78, 5) is 16.5. The first-order chi connectivity index (χ1) is 19.5. The molecule has 0 bridgehead atoms. The molecule has 1 fully saturated rings. The van der Waals surface area contributed by atoms with Gasteiger partial charge in [0.15, 0.2) is 0 Å². The molecule has 0 radical (unpaired) electrons. The summed E-state index contributed by atoms with van der Waals surface area (Å²) in [7, 11) is 4.96. The van der Waals surface area contributed by atoms with Gasteiger partial charge < -0.3 is 25.3 Å². The predicted octanol–water partition coefficient (Wildman–Crippen LogP) is 5.10. The average molecular weight is 563 g/mol. The van der Waals surface area contributed by atoms with Crippen molar-refractivity contribution in [2.45, 2.75) is 25.7 Å². The lowest BCUT2D eigenvalue weighted by Gasteiger charge is -2.23. The number of hydrogen-bond donors (Lipinski definition) is 2. The van der Waals surface area contributed by atoms with Crippen LogP contribution < -0.4 is 25.3 Å². The van der Waals surface area contributed by atoms with Gasteiger partial charge in [-0.05, 0) is 74.7 Å². The van der Waals surface area contributed by atoms with Crippen molar-refractivity contribution in [3.63, 3.8) is 0 Å². The third-order valence-corrected chi connectivity index (χ3v) is 7.59. The van der Waals surface area contributed by atoms with Crippen molar-refractivity contribution in [2.75, 3.05) is 52.8 Å². The molecule has 9 nitrogen and oxygen atoms in total. The Morgan fingerprint density at radius 3 is 2.60 bits per heavy atom. The summed E-state index contributed by atoms with van der Waals surface area (Å²) >= 11 is 6.63. The fourth-order valence-electron chi connectivity index (χ4n) is 5.14. The Labute approximate surface area is 240 Å². The number of nitrogens with one attached hydrogen (secondary N) is 1. The number of likely N-dealkylation sites (tertiary alicyclic amines) is 1. The number of halogens is 1. The number of nitrogens with zero attached hydrogens (tertiary/aromatic N) is 4. The van der Waals surface area contributed by atoms with Gasteiger partial charge in [-0.2, -0.15) is 0 Å². The minimum atomic E-state index is 0.420. The van der Waals surface area contributed by atoms with Crippen LogP contribution in [-0.4, -0.2) is 68.1 Å². The minimum absolute atomic E-state index is 0.420. The van der Waals surface area contributed by atoms with Crippen LogP contribution in [0.15, 0.2) is 53.3 Å². The number of rotatable bonds is 10. The molecule has 2 aromatic carbocycles. The molecule has 3 N–H and O–H groups in total. The molecule has 0 amide bonds. The first-order valence-electron chi connectivity index (χ1n) is 13.5. The number of hydrogen-bond acceptors (Lipinski definition) is 9. The highest BCUT2D eigenvalue weighted by Gasteiger charge is 2.26. The molecule has 1 aliphatic heterocycles. The molecular formula is C30H35ClN6O3. The SMILES string of the molecule is CN=C(C1=C(N)CCc2cnc(Nc3ccc(OCCN4CCCC4)cc3OC)nc21)c1ccc(OC)cc1Cl. The lowest BCUT2D eigenvalue weighted by atomic mass is 9.88. The topological polar surface area (TPSA) is 107 Å². The second kappa shape index (κ2) is 12.6. The molecule has 5 rings (SSSR count). The maximum Gasteiger partial charge on any atom is 0.227 e. The predicted molar refractivity (Wildman–Crippen MR) is 159 cm³/mol. The number of nitrogens with two attached hydrogens (primary N) is 1. The lowest BCUT2D eigenvalue weighted by molar-refractivity contribution is 0.237. The van der Waals surface area contributed by atoms with Crippen LogP contribution in [0.25, 0.3) is 5.57 Å². The van der Waals surface area contributed by atoms with E-state index in [2.05, 4.69) is 20.2 Å². The van der Waals surface area contributed by atoms with E-state index in [1.54, 1.807) is 27.3 Å². The van der Waals surface area contributed by atoms with Crippen LogP contribution in [-0.2, 0) is 6.42 Å². The van der Waals surface area contributed by atoms with Crippen molar-refractivity contribution in [1.29, 1.82) is 0 Å². The molecular weight excluding hydrogens is 528 g/mol. The van der Waals surface area contributed by atoms with E-state index in [1.807, 2.05) is 36.5 Å². The van der Waals surface area contributed by atoms with Crippen LogP contribution in [0.3, 0.4) is 0 Å². The molecule has 0 unspecified atom stereocenters. The maximum absolute atomic E-state index is 6.63. The summed E-state index contributed by atoms with van der Waals surface area (Å²) in [6, 6.07) is 11.2. The molecule has 1 saturated heterocycles. The average Bonchev–Trinajstić information content (AvgIpc) is 3.49. The molecule has 1 aliphatic carbocycles. The number of fused-ring (bicyclic) bond motifs is 1. The highest BCUT2D eigenvalue weighted by Crippen LogP contribution is 2.36. The third kappa shape index (κ3) is 6.00. The maximum atomic E-state index is 6.63. The molecule has 2 heterocycles.